The minimum absolute atomic E-state index is 0.445. The van der Waals surface area contributed by atoms with Crippen LogP contribution in [0.3, 0.4) is 0 Å². The molecule has 20 heavy (non-hydrogen) atoms. The molecule has 3 heteroatoms. The van der Waals surface area contributed by atoms with Crippen molar-refractivity contribution < 1.29 is 9.47 Å². The Kier molecular flexibility index (Phi) is 4.51. The van der Waals surface area contributed by atoms with E-state index in [0.717, 1.165) is 17.7 Å². The number of benzene rings is 2. The molecule has 0 aliphatic rings. The Morgan fingerprint density at radius 2 is 1.80 bits per heavy atom. The summed E-state index contributed by atoms with van der Waals surface area (Å²) in [6.45, 7) is 4.60. The predicted octanol–water partition coefficient (Wildman–Crippen LogP) is 3.73. The van der Waals surface area contributed by atoms with Crippen LogP contribution < -0.4 is 15.2 Å². The van der Waals surface area contributed by atoms with Crippen LogP contribution >= 0.6 is 0 Å². The molecule has 0 aliphatic heterocycles. The summed E-state index contributed by atoms with van der Waals surface area (Å²) in [4.78, 5) is 0. The van der Waals surface area contributed by atoms with Crippen molar-refractivity contribution in [1.82, 2.24) is 0 Å². The maximum atomic E-state index is 6.01. The van der Waals surface area contributed by atoms with E-state index in [-0.39, 0.29) is 0 Å². The lowest BCUT2D eigenvalue weighted by Gasteiger charge is -2.13. The van der Waals surface area contributed by atoms with Crippen LogP contribution in [0.1, 0.15) is 23.6 Å². The van der Waals surface area contributed by atoms with Crippen molar-refractivity contribution in [2.75, 3.05) is 12.8 Å². The van der Waals surface area contributed by atoms with E-state index in [1.807, 2.05) is 37.3 Å². The van der Waals surface area contributed by atoms with Crippen LogP contribution in [-0.4, -0.2) is 7.11 Å². The van der Waals surface area contributed by atoms with Crippen molar-refractivity contribution in [3.8, 4) is 11.5 Å². The molecule has 2 aromatic carbocycles. The van der Waals surface area contributed by atoms with Gasteiger partial charge in [0, 0.05) is 5.56 Å². The number of nitrogens with two attached hydrogens (primary N) is 1. The third kappa shape index (κ3) is 3.23. The van der Waals surface area contributed by atoms with E-state index in [1.54, 1.807) is 7.11 Å². The summed E-state index contributed by atoms with van der Waals surface area (Å²) in [5, 5.41) is 0. The standard InChI is InChI=1S/C17H21NO2/c1-4-13-6-8-17(15(18)10-13)20-11-14-9-12(2)5-7-16(14)19-3/h5-10H,4,11,18H2,1-3H3. The zero-order valence-corrected chi connectivity index (χ0v) is 12.3. The van der Waals surface area contributed by atoms with E-state index < -0.39 is 0 Å². The lowest BCUT2D eigenvalue weighted by atomic mass is 10.1. The van der Waals surface area contributed by atoms with Crippen molar-refractivity contribution in [2.24, 2.45) is 0 Å². The SMILES string of the molecule is CCc1ccc(OCc2cc(C)ccc2OC)c(N)c1. The van der Waals surface area contributed by atoms with Crippen LogP contribution in [0.25, 0.3) is 0 Å². The summed E-state index contributed by atoms with van der Waals surface area (Å²) >= 11 is 0. The van der Waals surface area contributed by atoms with Crippen LogP contribution in [-0.2, 0) is 13.0 Å². The molecule has 0 saturated carbocycles. The maximum absolute atomic E-state index is 6.01. The highest BCUT2D eigenvalue weighted by Crippen LogP contribution is 2.26. The molecule has 0 spiro atoms. The van der Waals surface area contributed by atoms with Gasteiger partial charge in [0.15, 0.2) is 0 Å². The molecule has 0 heterocycles. The summed E-state index contributed by atoms with van der Waals surface area (Å²) in [6.07, 6.45) is 0.968. The van der Waals surface area contributed by atoms with Gasteiger partial charge in [0.05, 0.1) is 12.8 Å². The van der Waals surface area contributed by atoms with Gasteiger partial charge < -0.3 is 15.2 Å². The Balaban J connectivity index is 2.14. The number of anilines is 1. The largest absolute Gasteiger partial charge is 0.496 e. The monoisotopic (exact) mass is 271 g/mol. The fourth-order valence-electron chi connectivity index (χ4n) is 2.12. The summed E-state index contributed by atoms with van der Waals surface area (Å²) in [5.41, 5.74) is 10.1. The second-order valence-electron chi connectivity index (χ2n) is 4.83. The zero-order chi connectivity index (χ0) is 14.5. The first kappa shape index (κ1) is 14.3. The van der Waals surface area contributed by atoms with Crippen LogP contribution in [0, 0.1) is 6.92 Å². The van der Waals surface area contributed by atoms with E-state index in [0.29, 0.717) is 18.0 Å². The van der Waals surface area contributed by atoms with E-state index in [4.69, 9.17) is 15.2 Å². The summed E-state index contributed by atoms with van der Waals surface area (Å²) in [5.74, 6) is 1.55. The van der Waals surface area contributed by atoms with Crippen LogP contribution in [0.5, 0.6) is 11.5 Å². The molecule has 0 bridgehead atoms. The Morgan fingerprint density at radius 1 is 1.05 bits per heavy atom. The molecule has 2 N–H and O–H groups in total. The highest BCUT2D eigenvalue weighted by molar-refractivity contribution is 5.54. The van der Waals surface area contributed by atoms with E-state index in [2.05, 4.69) is 13.0 Å². The van der Waals surface area contributed by atoms with Gasteiger partial charge >= 0.3 is 0 Å². The first-order chi connectivity index (χ1) is 9.63. The number of aryl methyl sites for hydroxylation is 2. The first-order valence-corrected chi connectivity index (χ1v) is 6.78. The number of methoxy groups -OCH3 is 1. The number of hydrogen-bond donors (Lipinski definition) is 1. The van der Waals surface area contributed by atoms with Gasteiger partial charge in [-0.05, 0) is 43.2 Å². The number of ether oxygens (including phenoxy) is 2. The first-order valence-electron chi connectivity index (χ1n) is 6.78. The van der Waals surface area contributed by atoms with Gasteiger partial charge in [0.1, 0.15) is 18.1 Å². The molecule has 0 aliphatic carbocycles. The number of hydrogen-bond acceptors (Lipinski definition) is 3. The van der Waals surface area contributed by atoms with Gasteiger partial charge in [0.25, 0.3) is 0 Å². The molecule has 0 amide bonds. The normalized spacial score (nSPS) is 10.3. The smallest absolute Gasteiger partial charge is 0.142 e. The third-order valence-electron chi connectivity index (χ3n) is 3.30. The average Bonchev–Trinajstić information content (AvgIpc) is 2.46. The molecular formula is C17H21NO2. The second kappa shape index (κ2) is 6.33. The minimum Gasteiger partial charge on any atom is -0.496 e. The van der Waals surface area contributed by atoms with Crippen molar-refractivity contribution in [2.45, 2.75) is 26.9 Å². The summed E-state index contributed by atoms with van der Waals surface area (Å²) in [6, 6.07) is 12.0. The van der Waals surface area contributed by atoms with Gasteiger partial charge in [-0.2, -0.15) is 0 Å². The van der Waals surface area contributed by atoms with Gasteiger partial charge in [0.2, 0.25) is 0 Å². The molecule has 0 atom stereocenters. The van der Waals surface area contributed by atoms with Gasteiger partial charge in [-0.25, -0.2) is 0 Å². The number of nitrogen functional groups attached to an aromatic ring is 1. The van der Waals surface area contributed by atoms with Crippen LogP contribution in [0.2, 0.25) is 0 Å². The lowest BCUT2D eigenvalue weighted by Crippen LogP contribution is -2.01. The van der Waals surface area contributed by atoms with Gasteiger partial charge in [-0.1, -0.05) is 24.6 Å². The average molecular weight is 271 g/mol. The summed E-state index contributed by atoms with van der Waals surface area (Å²) in [7, 11) is 1.67. The second-order valence-corrected chi connectivity index (χ2v) is 4.83. The Labute approximate surface area is 120 Å². The van der Waals surface area contributed by atoms with Crippen molar-refractivity contribution >= 4 is 5.69 Å². The van der Waals surface area contributed by atoms with Crippen LogP contribution in [0.15, 0.2) is 36.4 Å². The van der Waals surface area contributed by atoms with E-state index in [1.165, 1.54) is 11.1 Å². The fraction of sp³-hybridized carbons (Fsp3) is 0.294. The number of rotatable bonds is 5. The molecule has 2 rings (SSSR count). The maximum Gasteiger partial charge on any atom is 0.142 e. The third-order valence-corrected chi connectivity index (χ3v) is 3.30. The molecule has 0 unspecified atom stereocenters. The highest BCUT2D eigenvalue weighted by Gasteiger charge is 2.06. The van der Waals surface area contributed by atoms with Gasteiger partial charge in [-0.15, -0.1) is 0 Å². The molecule has 0 fully saturated rings. The van der Waals surface area contributed by atoms with Gasteiger partial charge in [-0.3, -0.25) is 0 Å². The van der Waals surface area contributed by atoms with Crippen molar-refractivity contribution in [1.29, 1.82) is 0 Å². The fourth-order valence-corrected chi connectivity index (χ4v) is 2.12. The Hall–Kier alpha value is -2.16. The van der Waals surface area contributed by atoms with E-state index >= 15 is 0 Å². The molecule has 106 valence electrons. The van der Waals surface area contributed by atoms with Crippen molar-refractivity contribution in [3.05, 3.63) is 53.1 Å². The topological polar surface area (TPSA) is 44.5 Å². The minimum atomic E-state index is 0.445. The Bertz CT molecular complexity index is 594. The molecule has 3 nitrogen and oxygen atoms in total. The molecular weight excluding hydrogens is 250 g/mol. The molecule has 0 radical (unpaired) electrons. The van der Waals surface area contributed by atoms with Crippen molar-refractivity contribution in [3.63, 3.8) is 0 Å². The summed E-state index contributed by atoms with van der Waals surface area (Å²) < 4.78 is 11.2. The highest BCUT2D eigenvalue weighted by atomic mass is 16.5. The quantitative estimate of drug-likeness (QED) is 0.843. The lowest BCUT2D eigenvalue weighted by molar-refractivity contribution is 0.298. The molecule has 0 saturated heterocycles. The zero-order valence-electron chi connectivity index (χ0n) is 12.3. The van der Waals surface area contributed by atoms with Crippen LogP contribution in [0.4, 0.5) is 5.69 Å². The Morgan fingerprint density at radius 3 is 2.45 bits per heavy atom. The predicted molar refractivity (Wildman–Crippen MR) is 82.3 cm³/mol. The molecule has 0 aromatic heterocycles. The molecule has 2 aromatic rings. The van der Waals surface area contributed by atoms with E-state index in [9.17, 15) is 0 Å².